The highest BCUT2D eigenvalue weighted by Gasteiger charge is 2.19. The highest BCUT2D eigenvalue weighted by atomic mass is 16.7. The van der Waals surface area contributed by atoms with Crippen molar-refractivity contribution in [1.29, 1.82) is 0 Å². The van der Waals surface area contributed by atoms with Crippen molar-refractivity contribution in [3.05, 3.63) is 0 Å². The summed E-state index contributed by atoms with van der Waals surface area (Å²) in [6.45, 7) is 1.75. The third-order valence-corrected chi connectivity index (χ3v) is 3.51. The molecule has 0 atom stereocenters. The molecule has 1 saturated heterocycles. The summed E-state index contributed by atoms with van der Waals surface area (Å²) in [4.78, 5) is 19.1. The van der Waals surface area contributed by atoms with Gasteiger partial charge in [0.25, 0.3) is 0 Å². The molecule has 1 N–H and O–H groups in total. The minimum atomic E-state index is -0.0474. The molecular weight excluding hydrogens is 204 g/mol. The van der Waals surface area contributed by atoms with Crippen molar-refractivity contribution in [3.8, 4) is 0 Å². The summed E-state index contributed by atoms with van der Waals surface area (Å²) in [7, 11) is 0. The van der Waals surface area contributed by atoms with E-state index >= 15 is 0 Å². The lowest BCUT2D eigenvalue weighted by Gasteiger charge is -2.21. The second-order valence-electron chi connectivity index (χ2n) is 4.83. The number of hydrogen-bond donors (Lipinski definition) is 1. The summed E-state index contributed by atoms with van der Waals surface area (Å²) < 4.78 is 0. The summed E-state index contributed by atoms with van der Waals surface area (Å²) in [5.74, 6) is 0. The number of carbonyl (C=O) groups excluding carboxylic acids is 1. The van der Waals surface area contributed by atoms with Crippen LogP contribution in [0.5, 0.6) is 0 Å². The van der Waals surface area contributed by atoms with Gasteiger partial charge in [-0.1, -0.05) is 25.7 Å². The van der Waals surface area contributed by atoms with E-state index in [1.165, 1.54) is 25.7 Å². The number of likely N-dealkylation sites (tertiary alicyclic amines) is 1. The van der Waals surface area contributed by atoms with Crippen LogP contribution in [0, 0.1) is 0 Å². The van der Waals surface area contributed by atoms with Crippen molar-refractivity contribution >= 4 is 6.03 Å². The second-order valence-corrected chi connectivity index (χ2v) is 4.83. The van der Waals surface area contributed by atoms with E-state index in [0.29, 0.717) is 0 Å². The van der Waals surface area contributed by atoms with Crippen molar-refractivity contribution in [2.45, 2.75) is 57.5 Å². The Morgan fingerprint density at radius 3 is 2.25 bits per heavy atom. The van der Waals surface area contributed by atoms with Crippen molar-refractivity contribution < 1.29 is 9.63 Å². The molecule has 1 aliphatic heterocycles. The van der Waals surface area contributed by atoms with Gasteiger partial charge in [-0.25, -0.2) is 10.3 Å². The Morgan fingerprint density at radius 1 is 1.00 bits per heavy atom. The third-order valence-electron chi connectivity index (χ3n) is 3.51. The first kappa shape index (κ1) is 11.7. The number of amides is 2. The van der Waals surface area contributed by atoms with Crippen LogP contribution in [-0.2, 0) is 4.84 Å². The topological polar surface area (TPSA) is 41.6 Å². The molecule has 0 unspecified atom stereocenters. The molecule has 1 heterocycles. The maximum Gasteiger partial charge on any atom is 0.341 e. The van der Waals surface area contributed by atoms with Gasteiger partial charge in [0.05, 0.1) is 6.10 Å². The lowest BCUT2D eigenvalue weighted by Crippen LogP contribution is -2.41. The van der Waals surface area contributed by atoms with Crippen LogP contribution in [0.3, 0.4) is 0 Å². The van der Waals surface area contributed by atoms with Crippen LogP contribution in [0.1, 0.15) is 51.4 Å². The number of hydroxylamine groups is 1. The van der Waals surface area contributed by atoms with Gasteiger partial charge < -0.3 is 4.90 Å². The zero-order valence-electron chi connectivity index (χ0n) is 9.91. The van der Waals surface area contributed by atoms with E-state index in [4.69, 9.17) is 4.84 Å². The van der Waals surface area contributed by atoms with Crippen LogP contribution in [0.25, 0.3) is 0 Å². The Balaban J connectivity index is 1.69. The van der Waals surface area contributed by atoms with Gasteiger partial charge in [-0.15, -0.1) is 0 Å². The number of nitrogens with zero attached hydrogens (tertiary/aromatic N) is 1. The quantitative estimate of drug-likeness (QED) is 0.735. The Labute approximate surface area is 97.3 Å². The maximum absolute atomic E-state index is 11.8. The van der Waals surface area contributed by atoms with Gasteiger partial charge in [0, 0.05) is 13.1 Å². The van der Waals surface area contributed by atoms with Gasteiger partial charge >= 0.3 is 6.03 Å². The molecule has 16 heavy (non-hydrogen) atoms. The predicted octanol–water partition coefficient (Wildman–Crippen LogP) is 2.45. The fourth-order valence-electron chi connectivity index (χ4n) is 2.48. The second kappa shape index (κ2) is 6.09. The van der Waals surface area contributed by atoms with Gasteiger partial charge in [0.15, 0.2) is 0 Å². The van der Waals surface area contributed by atoms with E-state index in [9.17, 15) is 4.79 Å². The van der Waals surface area contributed by atoms with Crippen molar-refractivity contribution in [2.75, 3.05) is 13.1 Å². The van der Waals surface area contributed by atoms with Crippen LogP contribution in [-0.4, -0.2) is 30.1 Å². The van der Waals surface area contributed by atoms with Gasteiger partial charge in [-0.2, -0.15) is 0 Å². The zero-order chi connectivity index (χ0) is 11.2. The van der Waals surface area contributed by atoms with E-state index in [0.717, 1.165) is 38.8 Å². The summed E-state index contributed by atoms with van der Waals surface area (Å²) in [6, 6.07) is -0.0474. The summed E-state index contributed by atoms with van der Waals surface area (Å²) >= 11 is 0. The molecular formula is C12H22N2O2. The predicted molar refractivity (Wildman–Crippen MR) is 61.9 cm³/mol. The fraction of sp³-hybridized carbons (Fsp3) is 0.917. The SMILES string of the molecule is O=C(NOC1CCCC1)N1CCCCCC1. The average molecular weight is 226 g/mol. The molecule has 92 valence electrons. The van der Waals surface area contributed by atoms with Crippen LogP contribution in [0.2, 0.25) is 0 Å². The summed E-state index contributed by atoms with van der Waals surface area (Å²) in [5.41, 5.74) is 2.61. The zero-order valence-corrected chi connectivity index (χ0v) is 9.91. The Bertz CT molecular complexity index is 219. The lowest BCUT2D eigenvalue weighted by atomic mass is 10.2. The van der Waals surface area contributed by atoms with Crippen molar-refractivity contribution in [1.82, 2.24) is 10.4 Å². The minimum Gasteiger partial charge on any atom is -0.323 e. The Morgan fingerprint density at radius 2 is 1.62 bits per heavy atom. The fourth-order valence-corrected chi connectivity index (χ4v) is 2.48. The molecule has 0 spiro atoms. The van der Waals surface area contributed by atoms with Crippen molar-refractivity contribution in [2.24, 2.45) is 0 Å². The van der Waals surface area contributed by atoms with E-state index in [1.54, 1.807) is 0 Å². The van der Waals surface area contributed by atoms with Crippen LogP contribution < -0.4 is 5.48 Å². The standard InChI is InChI=1S/C12H22N2O2/c15-12(13-16-11-7-3-4-8-11)14-9-5-1-2-6-10-14/h11H,1-10H2,(H,13,15). The van der Waals surface area contributed by atoms with Crippen LogP contribution in [0.4, 0.5) is 4.79 Å². The van der Waals surface area contributed by atoms with Crippen molar-refractivity contribution in [3.63, 3.8) is 0 Å². The molecule has 4 nitrogen and oxygen atoms in total. The molecule has 0 aromatic carbocycles. The molecule has 0 bridgehead atoms. The lowest BCUT2D eigenvalue weighted by molar-refractivity contribution is -0.00785. The smallest absolute Gasteiger partial charge is 0.323 e. The van der Waals surface area contributed by atoms with E-state index in [2.05, 4.69) is 5.48 Å². The number of rotatable bonds is 2. The minimum absolute atomic E-state index is 0.0474. The number of carbonyl (C=O) groups is 1. The third kappa shape index (κ3) is 3.37. The molecule has 0 radical (unpaired) electrons. The van der Waals surface area contributed by atoms with Gasteiger partial charge in [-0.3, -0.25) is 4.84 Å². The van der Waals surface area contributed by atoms with E-state index in [-0.39, 0.29) is 12.1 Å². The maximum atomic E-state index is 11.8. The number of nitrogens with one attached hydrogen (secondary N) is 1. The van der Waals surface area contributed by atoms with E-state index < -0.39 is 0 Å². The molecule has 2 amide bonds. The molecule has 1 aliphatic carbocycles. The Kier molecular flexibility index (Phi) is 4.45. The molecule has 0 aromatic rings. The first-order chi connectivity index (χ1) is 7.86. The summed E-state index contributed by atoms with van der Waals surface area (Å²) in [6.07, 6.45) is 9.60. The highest BCUT2D eigenvalue weighted by Crippen LogP contribution is 2.20. The Hall–Kier alpha value is -0.770. The first-order valence-corrected chi connectivity index (χ1v) is 6.57. The largest absolute Gasteiger partial charge is 0.341 e. The normalized spacial score (nSPS) is 23.1. The molecule has 2 rings (SSSR count). The molecule has 2 aliphatic rings. The number of urea groups is 1. The molecule has 4 heteroatoms. The molecule has 0 aromatic heterocycles. The molecule has 2 fully saturated rings. The average Bonchev–Trinajstić information content (AvgIpc) is 2.66. The first-order valence-electron chi connectivity index (χ1n) is 6.57. The highest BCUT2D eigenvalue weighted by molar-refractivity contribution is 5.73. The molecule has 1 saturated carbocycles. The number of hydrogen-bond acceptors (Lipinski definition) is 2. The monoisotopic (exact) mass is 226 g/mol. The summed E-state index contributed by atoms with van der Waals surface area (Å²) in [5, 5.41) is 0. The van der Waals surface area contributed by atoms with Gasteiger partial charge in [0.2, 0.25) is 0 Å². The van der Waals surface area contributed by atoms with E-state index in [1.807, 2.05) is 4.90 Å². The van der Waals surface area contributed by atoms with Crippen LogP contribution >= 0.6 is 0 Å². The van der Waals surface area contributed by atoms with Gasteiger partial charge in [-0.05, 0) is 25.7 Å². The van der Waals surface area contributed by atoms with Crippen LogP contribution in [0.15, 0.2) is 0 Å². The van der Waals surface area contributed by atoms with Gasteiger partial charge in [0.1, 0.15) is 0 Å².